The summed E-state index contributed by atoms with van der Waals surface area (Å²) in [7, 11) is 0. The molecule has 0 heterocycles. The van der Waals surface area contributed by atoms with Crippen LogP contribution in [0.5, 0.6) is 11.5 Å². The number of ether oxygens (including phenoxy) is 2. The fourth-order valence-corrected chi connectivity index (χ4v) is 2.21. The van der Waals surface area contributed by atoms with Crippen LogP contribution in [0.3, 0.4) is 0 Å². The van der Waals surface area contributed by atoms with Crippen molar-refractivity contribution in [2.45, 2.75) is 6.92 Å². The van der Waals surface area contributed by atoms with E-state index in [0.29, 0.717) is 5.69 Å². The van der Waals surface area contributed by atoms with Gasteiger partial charge in [-0.05, 0) is 31.2 Å². The average Bonchev–Trinajstić information content (AvgIpc) is 2.55. The molecule has 7 heteroatoms. The van der Waals surface area contributed by atoms with Gasteiger partial charge in [-0.25, -0.2) is 0 Å². The smallest absolute Gasteiger partial charge is 0.262 e. The van der Waals surface area contributed by atoms with Crippen molar-refractivity contribution in [3.63, 3.8) is 0 Å². The molecule has 0 aliphatic carbocycles. The largest absolute Gasteiger partial charge is 0.545 e. The van der Waals surface area contributed by atoms with Crippen LogP contribution in [0, 0.1) is 0 Å². The van der Waals surface area contributed by atoms with Crippen LogP contribution < -0.4 is 19.9 Å². The third kappa shape index (κ3) is 4.63. The number of amides is 1. The van der Waals surface area contributed by atoms with Crippen molar-refractivity contribution in [2.75, 3.05) is 18.5 Å². The number of carbonyl (C=O) groups excluding carboxylic acids is 2. The maximum Gasteiger partial charge on any atom is 0.262 e. The Morgan fingerprint density at radius 2 is 1.88 bits per heavy atom. The van der Waals surface area contributed by atoms with E-state index in [1.165, 1.54) is 12.1 Å². The van der Waals surface area contributed by atoms with Crippen LogP contribution >= 0.6 is 11.6 Å². The second kappa shape index (κ2) is 8.21. The minimum Gasteiger partial charge on any atom is -0.545 e. The van der Waals surface area contributed by atoms with Gasteiger partial charge in [-0.1, -0.05) is 29.8 Å². The SMILES string of the molecule is CCOc1cc(C(=O)[O-])cc(Cl)c1OCC(=O)Nc1ccccc1. The Kier molecular flexibility index (Phi) is 6.03. The molecule has 0 aromatic heterocycles. The van der Waals surface area contributed by atoms with Crippen LogP contribution in [0.2, 0.25) is 5.02 Å². The minimum absolute atomic E-state index is 0.0210. The third-order valence-electron chi connectivity index (χ3n) is 2.95. The zero-order valence-corrected chi connectivity index (χ0v) is 13.6. The maximum atomic E-state index is 11.9. The molecule has 0 atom stereocenters. The Balaban J connectivity index is 2.10. The molecule has 2 aromatic carbocycles. The molecule has 126 valence electrons. The van der Waals surface area contributed by atoms with E-state index in [2.05, 4.69) is 5.32 Å². The summed E-state index contributed by atoms with van der Waals surface area (Å²) in [6, 6.07) is 11.3. The predicted octanol–water partition coefficient (Wildman–Crippen LogP) is 2.12. The summed E-state index contributed by atoms with van der Waals surface area (Å²) in [5, 5.41) is 13.6. The zero-order valence-electron chi connectivity index (χ0n) is 12.9. The van der Waals surface area contributed by atoms with Crippen molar-refractivity contribution in [2.24, 2.45) is 0 Å². The summed E-state index contributed by atoms with van der Waals surface area (Å²) in [5.74, 6) is -1.53. The van der Waals surface area contributed by atoms with E-state index >= 15 is 0 Å². The van der Waals surface area contributed by atoms with Gasteiger partial charge in [-0.2, -0.15) is 0 Å². The number of hydrogen-bond acceptors (Lipinski definition) is 5. The zero-order chi connectivity index (χ0) is 17.5. The molecule has 0 bridgehead atoms. The van der Waals surface area contributed by atoms with Crippen molar-refractivity contribution >= 4 is 29.2 Å². The molecule has 0 unspecified atom stereocenters. The van der Waals surface area contributed by atoms with Crippen molar-refractivity contribution in [3.8, 4) is 11.5 Å². The number of nitrogens with one attached hydrogen (secondary N) is 1. The second-order valence-electron chi connectivity index (χ2n) is 4.71. The standard InChI is InChI=1S/C17H16ClNO5/c1-2-23-14-9-11(17(21)22)8-13(18)16(14)24-10-15(20)19-12-6-4-3-5-7-12/h3-9H,2,10H2,1H3,(H,19,20)(H,21,22)/p-1. The number of aromatic carboxylic acids is 1. The Morgan fingerprint density at radius 3 is 2.50 bits per heavy atom. The van der Waals surface area contributed by atoms with Gasteiger partial charge in [-0.15, -0.1) is 0 Å². The molecule has 0 radical (unpaired) electrons. The van der Waals surface area contributed by atoms with Crippen molar-refractivity contribution in [3.05, 3.63) is 53.1 Å². The predicted molar refractivity (Wildman–Crippen MR) is 87.5 cm³/mol. The number of anilines is 1. The molecule has 0 saturated carbocycles. The van der Waals surface area contributed by atoms with Crippen molar-refractivity contribution in [1.29, 1.82) is 0 Å². The van der Waals surface area contributed by atoms with E-state index in [9.17, 15) is 14.7 Å². The highest BCUT2D eigenvalue weighted by Crippen LogP contribution is 2.36. The lowest BCUT2D eigenvalue weighted by Crippen LogP contribution is -2.23. The van der Waals surface area contributed by atoms with Gasteiger partial charge in [0.15, 0.2) is 18.1 Å². The maximum absolute atomic E-state index is 11.9. The molecule has 1 N–H and O–H groups in total. The first-order valence-electron chi connectivity index (χ1n) is 7.16. The van der Waals surface area contributed by atoms with Crippen molar-refractivity contribution in [1.82, 2.24) is 0 Å². The summed E-state index contributed by atoms with van der Waals surface area (Å²) >= 11 is 6.03. The molecule has 1 amide bonds. The Labute approximate surface area is 144 Å². The molecular formula is C17H15ClNO5-. The monoisotopic (exact) mass is 348 g/mol. The third-order valence-corrected chi connectivity index (χ3v) is 3.23. The van der Waals surface area contributed by atoms with Crippen LogP contribution in [0.4, 0.5) is 5.69 Å². The van der Waals surface area contributed by atoms with Gasteiger partial charge >= 0.3 is 0 Å². The first-order valence-corrected chi connectivity index (χ1v) is 7.54. The molecule has 0 saturated heterocycles. The van der Waals surface area contributed by atoms with E-state index in [0.717, 1.165) is 0 Å². The highest BCUT2D eigenvalue weighted by molar-refractivity contribution is 6.32. The molecule has 0 aliphatic heterocycles. The first-order chi connectivity index (χ1) is 11.5. The van der Waals surface area contributed by atoms with Gasteiger partial charge in [-0.3, -0.25) is 4.79 Å². The van der Waals surface area contributed by atoms with Gasteiger partial charge in [0, 0.05) is 11.3 Å². The van der Waals surface area contributed by atoms with Gasteiger partial charge < -0.3 is 24.7 Å². The van der Waals surface area contributed by atoms with Gasteiger partial charge in [0.05, 0.1) is 17.6 Å². The van der Waals surface area contributed by atoms with Crippen LogP contribution in [0.25, 0.3) is 0 Å². The molecule has 24 heavy (non-hydrogen) atoms. The summed E-state index contributed by atoms with van der Waals surface area (Å²) in [4.78, 5) is 22.9. The number of halogens is 1. The second-order valence-corrected chi connectivity index (χ2v) is 5.12. The Morgan fingerprint density at radius 1 is 1.17 bits per heavy atom. The molecule has 2 aromatic rings. The average molecular weight is 349 g/mol. The molecule has 0 spiro atoms. The number of carboxylic acid groups (broad SMARTS) is 1. The summed E-state index contributed by atoms with van der Waals surface area (Å²) < 4.78 is 10.7. The minimum atomic E-state index is -1.38. The number of carboxylic acids is 1. The quantitative estimate of drug-likeness (QED) is 0.828. The van der Waals surface area contributed by atoms with E-state index in [1.807, 2.05) is 6.07 Å². The topological polar surface area (TPSA) is 87.7 Å². The lowest BCUT2D eigenvalue weighted by atomic mass is 10.2. The number of rotatable bonds is 7. The van der Waals surface area contributed by atoms with Crippen LogP contribution in [-0.4, -0.2) is 25.1 Å². The van der Waals surface area contributed by atoms with Crippen LogP contribution in [0.1, 0.15) is 17.3 Å². The number of benzene rings is 2. The molecule has 6 nitrogen and oxygen atoms in total. The van der Waals surface area contributed by atoms with E-state index in [-0.39, 0.29) is 41.2 Å². The first kappa shape index (κ1) is 17.6. The lowest BCUT2D eigenvalue weighted by molar-refractivity contribution is -0.255. The highest BCUT2D eigenvalue weighted by atomic mass is 35.5. The summed E-state index contributed by atoms with van der Waals surface area (Å²) in [6.07, 6.45) is 0. The number of para-hydroxylation sites is 1. The van der Waals surface area contributed by atoms with E-state index in [4.69, 9.17) is 21.1 Å². The van der Waals surface area contributed by atoms with Crippen LogP contribution in [-0.2, 0) is 4.79 Å². The molecule has 0 fully saturated rings. The fraction of sp³-hybridized carbons (Fsp3) is 0.176. The molecule has 0 aliphatic rings. The van der Waals surface area contributed by atoms with E-state index in [1.54, 1.807) is 31.2 Å². The number of carbonyl (C=O) groups is 2. The lowest BCUT2D eigenvalue weighted by Gasteiger charge is -2.15. The van der Waals surface area contributed by atoms with Crippen molar-refractivity contribution < 1.29 is 24.2 Å². The van der Waals surface area contributed by atoms with Crippen LogP contribution in [0.15, 0.2) is 42.5 Å². The van der Waals surface area contributed by atoms with Gasteiger partial charge in [0.25, 0.3) is 5.91 Å². The number of hydrogen-bond donors (Lipinski definition) is 1. The Bertz CT molecular complexity index is 733. The Hall–Kier alpha value is -2.73. The fourth-order valence-electron chi connectivity index (χ4n) is 1.95. The highest BCUT2D eigenvalue weighted by Gasteiger charge is 2.15. The normalized spacial score (nSPS) is 10.1. The van der Waals surface area contributed by atoms with E-state index < -0.39 is 5.97 Å². The molecule has 2 rings (SSSR count). The molecular weight excluding hydrogens is 334 g/mol. The summed E-state index contributed by atoms with van der Waals surface area (Å²) in [6.45, 7) is 1.70. The van der Waals surface area contributed by atoms with Gasteiger partial charge in [0.2, 0.25) is 0 Å². The van der Waals surface area contributed by atoms with Gasteiger partial charge in [0.1, 0.15) is 0 Å². The summed E-state index contributed by atoms with van der Waals surface area (Å²) in [5.41, 5.74) is 0.499.